The summed E-state index contributed by atoms with van der Waals surface area (Å²) in [5.41, 5.74) is 0.564. The lowest BCUT2D eigenvalue weighted by Gasteiger charge is -2.38. The van der Waals surface area contributed by atoms with Gasteiger partial charge in [0, 0.05) is 11.9 Å². The number of nitrogens with zero attached hydrogens (tertiary/aromatic N) is 1. The van der Waals surface area contributed by atoms with Crippen molar-refractivity contribution >= 4 is 21.8 Å². The fourth-order valence-corrected chi connectivity index (χ4v) is 2.98. The number of ether oxygens (including phenoxy) is 3. The largest absolute Gasteiger partial charge is 0.486 e. The molecule has 1 amide bonds. The standard InChI is InChI=1S/C15H18BrNO4/c1-10-9-21-11(7-16)8-17(10)15(18)12-3-2-4-13-14(12)20-6-5-19-13/h2-4,10-11H,5-9H2,1H3. The number of morpholine rings is 1. The third-order valence-electron chi connectivity index (χ3n) is 3.74. The van der Waals surface area contributed by atoms with Crippen molar-refractivity contribution in [1.82, 2.24) is 4.90 Å². The normalized spacial score (nSPS) is 24.8. The zero-order valence-electron chi connectivity index (χ0n) is 11.9. The van der Waals surface area contributed by atoms with E-state index in [2.05, 4.69) is 15.9 Å². The molecule has 2 aliphatic heterocycles. The lowest BCUT2D eigenvalue weighted by molar-refractivity contribution is -0.0363. The monoisotopic (exact) mass is 355 g/mol. The minimum absolute atomic E-state index is 0.0286. The Balaban J connectivity index is 1.87. The van der Waals surface area contributed by atoms with E-state index in [-0.39, 0.29) is 18.1 Å². The highest BCUT2D eigenvalue weighted by atomic mass is 79.9. The van der Waals surface area contributed by atoms with Crippen LogP contribution in [-0.2, 0) is 4.74 Å². The van der Waals surface area contributed by atoms with Gasteiger partial charge in [0.15, 0.2) is 11.5 Å². The maximum Gasteiger partial charge on any atom is 0.258 e. The van der Waals surface area contributed by atoms with Gasteiger partial charge >= 0.3 is 0 Å². The van der Waals surface area contributed by atoms with Crippen LogP contribution in [0.2, 0.25) is 0 Å². The third-order valence-corrected chi connectivity index (χ3v) is 4.46. The van der Waals surface area contributed by atoms with Crippen LogP contribution >= 0.6 is 15.9 Å². The molecule has 114 valence electrons. The quantitative estimate of drug-likeness (QED) is 0.762. The van der Waals surface area contributed by atoms with Gasteiger partial charge in [0.05, 0.1) is 24.3 Å². The van der Waals surface area contributed by atoms with Gasteiger partial charge in [0.25, 0.3) is 5.91 Å². The van der Waals surface area contributed by atoms with E-state index in [1.54, 1.807) is 6.07 Å². The predicted molar refractivity (Wildman–Crippen MR) is 81.5 cm³/mol. The Morgan fingerprint density at radius 2 is 2.19 bits per heavy atom. The number of halogens is 1. The summed E-state index contributed by atoms with van der Waals surface area (Å²) in [5, 5.41) is 0.718. The predicted octanol–water partition coefficient (Wildman–Crippen LogP) is 2.08. The van der Waals surface area contributed by atoms with E-state index in [1.165, 1.54) is 0 Å². The number of amides is 1. The van der Waals surface area contributed by atoms with Gasteiger partial charge in [0.2, 0.25) is 0 Å². The summed E-state index contributed by atoms with van der Waals surface area (Å²) in [7, 11) is 0. The van der Waals surface area contributed by atoms with Gasteiger partial charge < -0.3 is 19.1 Å². The average molecular weight is 356 g/mol. The lowest BCUT2D eigenvalue weighted by Crippen LogP contribution is -2.51. The molecule has 1 aromatic rings. The minimum atomic E-state index is -0.0286. The summed E-state index contributed by atoms with van der Waals surface area (Å²) < 4.78 is 16.9. The maximum absolute atomic E-state index is 12.9. The van der Waals surface area contributed by atoms with Crippen molar-refractivity contribution in [3.05, 3.63) is 23.8 Å². The highest BCUT2D eigenvalue weighted by Gasteiger charge is 2.32. The Morgan fingerprint density at radius 1 is 1.38 bits per heavy atom. The minimum Gasteiger partial charge on any atom is -0.486 e. The van der Waals surface area contributed by atoms with E-state index in [9.17, 15) is 4.79 Å². The highest BCUT2D eigenvalue weighted by molar-refractivity contribution is 9.09. The van der Waals surface area contributed by atoms with E-state index in [1.807, 2.05) is 24.0 Å². The van der Waals surface area contributed by atoms with E-state index >= 15 is 0 Å². The SMILES string of the molecule is CC1COC(CBr)CN1C(=O)c1cccc2c1OCCO2. The number of para-hydroxylation sites is 1. The van der Waals surface area contributed by atoms with E-state index in [4.69, 9.17) is 14.2 Å². The second-order valence-electron chi connectivity index (χ2n) is 5.25. The van der Waals surface area contributed by atoms with Gasteiger partial charge in [-0.2, -0.15) is 0 Å². The first-order valence-corrected chi connectivity index (χ1v) is 8.20. The molecule has 2 unspecified atom stereocenters. The summed E-state index contributed by atoms with van der Waals surface area (Å²) in [6, 6.07) is 5.50. The fourth-order valence-electron chi connectivity index (χ4n) is 2.59. The number of alkyl halides is 1. The third kappa shape index (κ3) is 2.87. The molecule has 1 fully saturated rings. The number of fused-ring (bicyclic) bond motifs is 1. The molecule has 6 heteroatoms. The van der Waals surface area contributed by atoms with Crippen LogP contribution in [0.4, 0.5) is 0 Å². The Bertz CT molecular complexity index is 536. The number of hydrogen-bond donors (Lipinski definition) is 0. The van der Waals surface area contributed by atoms with Gasteiger partial charge in [-0.25, -0.2) is 0 Å². The number of carbonyl (C=O) groups excluding carboxylic acids is 1. The molecule has 1 aromatic carbocycles. The van der Waals surface area contributed by atoms with Crippen LogP contribution in [0.25, 0.3) is 0 Å². The van der Waals surface area contributed by atoms with E-state index in [0.717, 1.165) is 5.33 Å². The molecule has 0 saturated carbocycles. The second kappa shape index (κ2) is 6.23. The maximum atomic E-state index is 12.9. The molecule has 5 nitrogen and oxygen atoms in total. The van der Waals surface area contributed by atoms with Gasteiger partial charge in [-0.05, 0) is 19.1 Å². The summed E-state index contributed by atoms with van der Waals surface area (Å²) in [6.45, 7) is 4.11. The molecule has 0 N–H and O–H groups in total. The first-order valence-electron chi connectivity index (χ1n) is 7.08. The molecule has 3 rings (SSSR count). The van der Waals surface area contributed by atoms with Crippen LogP contribution in [0.5, 0.6) is 11.5 Å². The van der Waals surface area contributed by atoms with Crippen molar-refractivity contribution < 1.29 is 19.0 Å². The molecular weight excluding hydrogens is 338 g/mol. The lowest BCUT2D eigenvalue weighted by atomic mass is 10.1. The average Bonchev–Trinajstić information content (AvgIpc) is 2.54. The summed E-state index contributed by atoms with van der Waals surface area (Å²) in [6.07, 6.45) is 0.0295. The van der Waals surface area contributed by atoms with E-state index in [0.29, 0.717) is 43.4 Å². The molecule has 0 aromatic heterocycles. The molecule has 21 heavy (non-hydrogen) atoms. The van der Waals surface area contributed by atoms with Crippen LogP contribution < -0.4 is 9.47 Å². The van der Waals surface area contributed by atoms with Gasteiger partial charge in [0.1, 0.15) is 13.2 Å². The van der Waals surface area contributed by atoms with Gasteiger partial charge in [-0.1, -0.05) is 22.0 Å². The van der Waals surface area contributed by atoms with Crippen LogP contribution in [0.3, 0.4) is 0 Å². The molecular formula is C15H18BrNO4. The van der Waals surface area contributed by atoms with Crippen molar-refractivity contribution in [2.24, 2.45) is 0 Å². The molecule has 1 saturated heterocycles. The number of hydrogen-bond acceptors (Lipinski definition) is 4. The summed E-state index contributed by atoms with van der Waals surface area (Å²) >= 11 is 3.42. The summed E-state index contributed by atoms with van der Waals surface area (Å²) in [4.78, 5) is 14.7. The smallest absolute Gasteiger partial charge is 0.258 e. The van der Waals surface area contributed by atoms with Crippen LogP contribution in [0.15, 0.2) is 18.2 Å². The van der Waals surface area contributed by atoms with Crippen molar-refractivity contribution in [3.63, 3.8) is 0 Å². The molecule has 0 radical (unpaired) electrons. The molecule has 2 atom stereocenters. The Labute approximate surface area is 132 Å². The first-order chi connectivity index (χ1) is 10.2. The zero-order chi connectivity index (χ0) is 14.8. The summed E-state index contributed by atoms with van der Waals surface area (Å²) in [5.74, 6) is 1.17. The fraction of sp³-hybridized carbons (Fsp3) is 0.533. The number of carbonyl (C=O) groups is 1. The van der Waals surface area contributed by atoms with Crippen molar-refractivity contribution in [3.8, 4) is 11.5 Å². The molecule has 2 aliphatic rings. The van der Waals surface area contributed by atoms with Crippen molar-refractivity contribution in [1.29, 1.82) is 0 Å². The highest BCUT2D eigenvalue weighted by Crippen LogP contribution is 2.34. The van der Waals surface area contributed by atoms with Crippen LogP contribution in [-0.4, -0.2) is 54.6 Å². The second-order valence-corrected chi connectivity index (χ2v) is 5.89. The molecule has 0 bridgehead atoms. The zero-order valence-corrected chi connectivity index (χ0v) is 13.5. The van der Waals surface area contributed by atoms with Crippen LogP contribution in [0, 0.1) is 0 Å². The van der Waals surface area contributed by atoms with Gasteiger partial charge in [-0.3, -0.25) is 4.79 Å². The van der Waals surface area contributed by atoms with Crippen LogP contribution in [0.1, 0.15) is 17.3 Å². The number of rotatable bonds is 2. The Morgan fingerprint density at radius 3 is 3.00 bits per heavy atom. The molecule has 2 heterocycles. The Hall–Kier alpha value is -1.27. The topological polar surface area (TPSA) is 48.0 Å². The van der Waals surface area contributed by atoms with Crippen molar-refractivity contribution in [2.45, 2.75) is 19.1 Å². The Kier molecular flexibility index (Phi) is 4.35. The molecule has 0 aliphatic carbocycles. The first kappa shape index (κ1) is 14.7. The van der Waals surface area contributed by atoms with Gasteiger partial charge in [-0.15, -0.1) is 0 Å². The number of benzene rings is 1. The van der Waals surface area contributed by atoms with E-state index < -0.39 is 0 Å². The molecule has 0 spiro atoms. The van der Waals surface area contributed by atoms with Crippen molar-refractivity contribution in [2.75, 3.05) is 31.7 Å².